The number of H-pyrrole nitrogens is 1. The monoisotopic (exact) mass is 210 g/mol. The highest BCUT2D eigenvalue weighted by Crippen LogP contribution is 2.18. The predicted octanol–water partition coefficient (Wildman–Crippen LogP) is 2.64. The van der Waals surface area contributed by atoms with E-state index in [-0.39, 0.29) is 0 Å². The van der Waals surface area contributed by atoms with Crippen molar-refractivity contribution >= 4 is 16.1 Å². The van der Waals surface area contributed by atoms with Gasteiger partial charge < -0.3 is 4.98 Å². The SMILES string of the molecule is Brn1cccc1-c1ccc[nH]1. The Morgan fingerprint density at radius 2 is 2.18 bits per heavy atom. The second-order valence-electron chi connectivity index (χ2n) is 2.29. The van der Waals surface area contributed by atoms with E-state index in [0.717, 1.165) is 11.4 Å². The Kier molecular flexibility index (Phi) is 1.58. The van der Waals surface area contributed by atoms with Gasteiger partial charge in [0.1, 0.15) is 0 Å². The minimum atomic E-state index is 1.12. The van der Waals surface area contributed by atoms with Crippen LogP contribution in [-0.4, -0.2) is 8.58 Å². The molecule has 2 nitrogen and oxygen atoms in total. The normalized spacial score (nSPS) is 10.3. The lowest BCUT2D eigenvalue weighted by Gasteiger charge is -1.95. The number of rotatable bonds is 1. The van der Waals surface area contributed by atoms with Crippen molar-refractivity contribution in [3.05, 3.63) is 36.7 Å². The van der Waals surface area contributed by atoms with Crippen molar-refractivity contribution in [3.63, 3.8) is 0 Å². The Morgan fingerprint density at radius 3 is 2.73 bits per heavy atom. The fourth-order valence-electron chi connectivity index (χ4n) is 1.06. The van der Waals surface area contributed by atoms with Crippen molar-refractivity contribution in [3.8, 4) is 11.4 Å². The molecule has 0 aromatic carbocycles. The molecule has 1 N–H and O–H groups in total. The number of aromatic amines is 1. The molecule has 0 atom stereocenters. The minimum Gasteiger partial charge on any atom is -0.360 e. The fourth-order valence-corrected chi connectivity index (χ4v) is 1.50. The first-order valence-corrected chi connectivity index (χ1v) is 4.06. The molecule has 0 radical (unpaired) electrons. The topological polar surface area (TPSA) is 20.7 Å². The zero-order chi connectivity index (χ0) is 7.68. The molecule has 0 amide bonds. The number of aromatic nitrogens is 2. The van der Waals surface area contributed by atoms with E-state index >= 15 is 0 Å². The van der Waals surface area contributed by atoms with E-state index in [1.54, 1.807) is 0 Å². The Morgan fingerprint density at radius 1 is 1.27 bits per heavy atom. The summed E-state index contributed by atoms with van der Waals surface area (Å²) in [6, 6.07) is 8.05. The molecule has 0 bridgehead atoms. The van der Waals surface area contributed by atoms with Crippen LogP contribution in [0.2, 0.25) is 0 Å². The summed E-state index contributed by atoms with van der Waals surface area (Å²) in [6.07, 6.45) is 3.87. The molecule has 2 aromatic rings. The van der Waals surface area contributed by atoms with E-state index in [1.165, 1.54) is 0 Å². The summed E-state index contributed by atoms with van der Waals surface area (Å²) >= 11 is 3.38. The molecule has 11 heavy (non-hydrogen) atoms. The quantitative estimate of drug-likeness (QED) is 0.748. The van der Waals surface area contributed by atoms with Crippen molar-refractivity contribution in [1.29, 1.82) is 0 Å². The molecule has 0 aliphatic rings. The average molecular weight is 211 g/mol. The summed E-state index contributed by atoms with van der Waals surface area (Å²) in [6.45, 7) is 0. The summed E-state index contributed by atoms with van der Waals surface area (Å²) in [4.78, 5) is 3.13. The van der Waals surface area contributed by atoms with E-state index < -0.39 is 0 Å². The summed E-state index contributed by atoms with van der Waals surface area (Å²) < 4.78 is 1.90. The highest BCUT2D eigenvalue weighted by Gasteiger charge is 2.00. The second-order valence-corrected chi connectivity index (χ2v) is 3.05. The van der Waals surface area contributed by atoms with Crippen LogP contribution >= 0.6 is 16.1 Å². The maximum absolute atomic E-state index is 3.38. The molecule has 0 spiro atoms. The van der Waals surface area contributed by atoms with Crippen LogP contribution in [0.3, 0.4) is 0 Å². The third kappa shape index (κ3) is 1.12. The molecule has 0 aliphatic heterocycles. The van der Waals surface area contributed by atoms with Gasteiger partial charge in [0.05, 0.1) is 27.5 Å². The van der Waals surface area contributed by atoms with E-state index in [4.69, 9.17) is 0 Å². The number of nitrogens with one attached hydrogen (secondary N) is 1. The molecule has 56 valence electrons. The third-order valence-electron chi connectivity index (χ3n) is 1.58. The van der Waals surface area contributed by atoms with Crippen LogP contribution < -0.4 is 0 Å². The van der Waals surface area contributed by atoms with Crippen molar-refractivity contribution in [2.75, 3.05) is 0 Å². The standard InChI is InChI=1S/C8H7BrN2/c9-11-6-2-4-8(11)7-3-1-5-10-7/h1-6,10H. The minimum absolute atomic E-state index is 1.12. The lowest BCUT2D eigenvalue weighted by molar-refractivity contribution is 1.28. The van der Waals surface area contributed by atoms with Gasteiger partial charge in [0.2, 0.25) is 0 Å². The first kappa shape index (κ1) is 6.73. The number of hydrogen-bond donors (Lipinski definition) is 1. The summed E-state index contributed by atoms with van der Waals surface area (Å²) in [7, 11) is 0. The van der Waals surface area contributed by atoms with E-state index in [2.05, 4.69) is 21.1 Å². The lowest BCUT2D eigenvalue weighted by Crippen LogP contribution is -1.81. The van der Waals surface area contributed by atoms with Crippen LogP contribution in [0.1, 0.15) is 0 Å². The van der Waals surface area contributed by atoms with Crippen LogP contribution in [0.5, 0.6) is 0 Å². The van der Waals surface area contributed by atoms with E-state index in [9.17, 15) is 0 Å². The molecule has 2 rings (SSSR count). The number of halogens is 1. The molecule has 2 heterocycles. The summed E-state index contributed by atoms with van der Waals surface area (Å²) in [5, 5.41) is 0. The van der Waals surface area contributed by atoms with Gasteiger partial charge in [-0.2, -0.15) is 0 Å². The zero-order valence-corrected chi connectivity index (χ0v) is 7.38. The number of hydrogen-bond acceptors (Lipinski definition) is 0. The molecule has 2 aromatic heterocycles. The zero-order valence-electron chi connectivity index (χ0n) is 5.79. The van der Waals surface area contributed by atoms with Crippen molar-refractivity contribution in [2.24, 2.45) is 0 Å². The molecule has 0 saturated heterocycles. The van der Waals surface area contributed by atoms with Crippen LogP contribution in [0.25, 0.3) is 11.4 Å². The molecular weight excluding hydrogens is 204 g/mol. The van der Waals surface area contributed by atoms with Crippen molar-refractivity contribution < 1.29 is 0 Å². The highest BCUT2D eigenvalue weighted by atomic mass is 79.9. The first-order chi connectivity index (χ1) is 5.38. The Hall–Kier alpha value is -0.960. The van der Waals surface area contributed by atoms with Crippen LogP contribution in [0.4, 0.5) is 0 Å². The van der Waals surface area contributed by atoms with Crippen LogP contribution in [0.15, 0.2) is 36.7 Å². The summed E-state index contributed by atoms with van der Waals surface area (Å²) in [5.41, 5.74) is 2.25. The smallest absolute Gasteiger partial charge is 0.0753 e. The van der Waals surface area contributed by atoms with Gasteiger partial charge in [0.25, 0.3) is 0 Å². The molecule has 0 unspecified atom stereocenters. The van der Waals surface area contributed by atoms with E-state index in [1.807, 2.05) is 40.3 Å². The molecular formula is C8H7BrN2. The highest BCUT2D eigenvalue weighted by molar-refractivity contribution is 9.08. The van der Waals surface area contributed by atoms with Gasteiger partial charge in [-0.25, -0.2) is 0 Å². The molecule has 0 fully saturated rings. The van der Waals surface area contributed by atoms with Gasteiger partial charge in [0.15, 0.2) is 0 Å². The second kappa shape index (κ2) is 2.58. The third-order valence-corrected chi connectivity index (χ3v) is 2.19. The molecule has 3 heteroatoms. The maximum atomic E-state index is 3.38. The Labute approximate surface area is 73.2 Å². The largest absolute Gasteiger partial charge is 0.360 e. The molecule has 0 saturated carbocycles. The van der Waals surface area contributed by atoms with E-state index in [0.29, 0.717) is 0 Å². The van der Waals surface area contributed by atoms with Gasteiger partial charge in [0, 0.05) is 12.4 Å². The summed E-state index contributed by atoms with van der Waals surface area (Å²) in [5.74, 6) is 0. The number of nitrogens with zero attached hydrogens (tertiary/aromatic N) is 1. The van der Waals surface area contributed by atoms with Gasteiger partial charge in [-0.1, -0.05) is 0 Å². The van der Waals surface area contributed by atoms with Gasteiger partial charge in [-0.15, -0.1) is 0 Å². The Bertz CT molecular complexity index is 335. The van der Waals surface area contributed by atoms with Crippen molar-refractivity contribution in [2.45, 2.75) is 0 Å². The van der Waals surface area contributed by atoms with Crippen molar-refractivity contribution in [1.82, 2.24) is 8.58 Å². The van der Waals surface area contributed by atoms with Gasteiger partial charge in [-0.05, 0) is 24.3 Å². The van der Waals surface area contributed by atoms with Crippen LogP contribution in [-0.2, 0) is 0 Å². The van der Waals surface area contributed by atoms with Gasteiger partial charge in [-0.3, -0.25) is 3.59 Å². The van der Waals surface area contributed by atoms with Gasteiger partial charge >= 0.3 is 0 Å². The lowest BCUT2D eigenvalue weighted by atomic mass is 10.3. The van der Waals surface area contributed by atoms with Crippen LogP contribution in [0, 0.1) is 0 Å². The fraction of sp³-hybridized carbons (Fsp3) is 0. The first-order valence-electron chi connectivity index (χ1n) is 3.35. The molecule has 0 aliphatic carbocycles. The maximum Gasteiger partial charge on any atom is 0.0753 e. The average Bonchev–Trinajstić information content (AvgIpc) is 2.55. The Balaban J connectivity index is 2.53. The predicted molar refractivity (Wildman–Crippen MR) is 48.5 cm³/mol.